The minimum Gasteiger partial charge on any atom is -0.333 e. The molecule has 0 unspecified atom stereocenters. The molecule has 1 rings (SSSR count). The number of carbonyl (C=O) groups excluding carboxylic acids is 2. The molecule has 0 aliphatic carbocycles. The summed E-state index contributed by atoms with van der Waals surface area (Å²) in [6.45, 7) is 6.76. The van der Waals surface area contributed by atoms with Gasteiger partial charge in [0.15, 0.2) is 0 Å². The predicted molar refractivity (Wildman–Crippen MR) is 49.4 cm³/mol. The zero-order valence-electron chi connectivity index (χ0n) is 8.25. The second-order valence-electron chi connectivity index (χ2n) is 3.39. The highest BCUT2D eigenvalue weighted by Crippen LogP contribution is 2.02. The fourth-order valence-electron chi connectivity index (χ4n) is 1.46. The van der Waals surface area contributed by atoms with Gasteiger partial charge < -0.3 is 4.90 Å². The van der Waals surface area contributed by atoms with E-state index in [0.717, 1.165) is 13.1 Å². The maximum atomic E-state index is 11.4. The van der Waals surface area contributed by atoms with E-state index in [4.69, 9.17) is 0 Å². The van der Waals surface area contributed by atoms with Crippen molar-refractivity contribution in [3.05, 3.63) is 0 Å². The molecule has 0 aromatic rings. The van der Waals surface area contributed by atoms with Gasteiger partial charge >= 0.3 is 0 Å². The summed E-state index contributed by atoms with van der Waals surface area (Å²) in [7, 11) is 0. The number of Topliss-reactive ketones (excluding diaryl/α,β-unsaturated/α-hetero) is 1. The highest BCUT2D eigenvalue weighted by Gasteiger charge is 2.23. The second kappa shape index (κ2) is 4.37. The molecule has 1 saturated heterocycles. The smallest absolute Gasteiger partial charge is 0.237 e. The number of ketones is 1. The van der Waals surface area contributed by atoms with Crippen molar-refractivity contribution in [3.63, 3.8) is 0 Å². The van der Waals surface area contributed by atoms with E-state index in [2.05, 4.69) is 4.90 Å². The van der Waals surface area contributed by atoms with Gasteiger partial charge in [-0.2, -0.15) is 0 Å². The summed E-state index contributed by atoms with van der Waals surface area (Å²) in [4.78, 5) is 25.9. The third kappa shape index (κ3) is 2.81. The average Bonchev–Trinajstić information content (AvgIpc) is 2.08. The third-order valence-corrected chi connectivity index (χ3v) is 2.26. The van der Waals surface area contributed by atoms with Crippen LogP contribution in [0.2, 0.25) is 0 Å². The fourth-order valence-corrected chi connectivity index (χ4v) is 1.46. The van der Waals surface area contributed by atoms with E-state index in [-0.39, 0.29) is 18.2 Å². The van der Waals surface area contributed by atoms with Crippen LogP contribution >= 0.6 is 0 Å². The Labute approximate surface area is 78.5 Å². The van der Waals surface area contributed by atoms with Crippen LogP contribution in [0.1, 0.15) is 13.8 Å². The number of nitrogens with zero attached hydrogens (tertiary/aromatic N) is 2. The molecular formula is C9H16N2O2. The Hall–Kier alpha value is -0.900. The lowest BCUT2D eigenvalue weighted by atomic mass is 10.3. The second-order valence-corrected chi connectivity index (χ2v) is 3.39. The lowest BCUT2D eigenvalue weighted by molar-refractivity contribution is -0.139. The zero-order valence-corrected chi connectivity index (χ0v) is 8.25. The van der Waals surface area contributed by atoms with E-state index in [1.165, 1.54) is 6.92 Å². The summed E-state index contributed by atoms with van der Waals surface area (Å²) in [5.74, 6) is 0.126. The van der Waals surface area contributed by atoms with E-state index in [1.807, 2.05) is 6.92 Å². The molecule has 0 radical (unpaired) electrons. The molecule has 0 aromatic heterocycles. The Kier molecular flexibility index (Phi) is 3.42. The van der Waals surface area contributed by atoms with Crippen LogP contribution in [0.25, 0.3) is 0 Å². The molecule has 0 aromatic carbocycles. The SMILES string of the molecule is CCN1CCN(CC(C)=O)C(=O)C1. The van der Waals surface area contributed by atoms with Crippen LogP contribution in [0.3, 0.4) is 0 Å². The molecule has 0 atom stereocenters. The van der Waals surface area contributed by atoms with Gasteiger partial charge in [-0.3, -0.25) is 14.5 Å². The molecule has 0 N–H and O–H groups in total. The minimum atomic E-state index is 0.0540. The van der Waals surface area contributed by atoms with Crippen LogP contribution in [-0.2, 0) is 9.59 Å². The first-order chi connectivity index (χ1) is 6.13. The van der Waals surface area contributed by atoms with Crippen molar-refractivity contribution in [2.75, 3.05) is 32.7 Å². The summed E-state index contributed by atoms with van der Waals surface area (Å²) in [5.41, 5.74) is 0. The zero-order chi connectivity index (χ0) is 9.84. The molecule has 0 bridgehead atoms. The Morgan fingerprint density at radius 2 is 2.15 bits per heavy atom. The van der Waals surface area contributed by atoms with Gasteiger partial charge in [0.2, 0.25) is 5.91 Å². The predicted octanol–water partition coefficient (Wildman–Crippen LogP) is -0.261. The molecule has 4 heteroatoms. The van der Waals surface area contributed by atoms with Crippen LogP contribution in [0.5, 0.6) is 0 Å². The average molecular weight is 184 g/mol. The Balaban J connectivity index is 2.44. The van der Waals surface area contributed by atoms with Crippen molar-refractivity contribution in [2.45, 2.75) is 13.8 Å². The first-order valence-corrected chi connectivity index (χ1v) is 4.63. The maximum absolute atomic E-state index is 11.4. The van der Waals surface area contributed by atoms with Gasteiger partial charge in [0.05, 0.1) is 13.1 Å². The Bertz CT molecular complexity index is 216. The third-order valence-electron chi connectivity index (χ3n) is 2.26. The normalized spacial score (nSPS) is 19.2. The number of hydrogen-bond acceptors (Lipinski definition) is 3. The molecule has 74 valence electrons. The van der Waals surface area contributed by atoms with E-state index in [0.29, 0.717) is 13.1 Å². The van der Waals surface area contributed by atoms with Gasteiger partial charge in [0.1, 0.15) is 5.78 Å². The summed E-state index contributed by atoms with van der Waals surface area (Å²) >= 11 is 0. The van der Waals surface area contributed by atoms with Crippen molar-refractivity contribution in [3.8, 4) is 0 Å². The highest BCUT2D eigenvalue weighted by molar-refractivity contribution is 5.85. The Morgan fingerprint density at radius 3 is 2.62 bits per heavy atom. The van der Waals surface area contributed by atoms with Gasteiger partial charge in [-0.25, -0.2) is 0 Å². The summed E-state index contributed by atoms with van der Waals surface area (Å²) < 4.78 is 0. The number of piperazine rings is 1. The summed E-state index contributed by atoms with van der Waals surface area (Å²) in [6, 6.07) is 0. The maximum Gasteiger partial charge on any atom is 0.237 e. The number of amides is 1. The molecule has 1 amide bonds. The molecule has 1 fully saturated rings. The summed E-state index contributed by atoms with van der Waals surface area (Å²) in [6.07, 6.45) is 0. The van der Waals surface area contributed by atoms with Gasteiger partial charge in [0, 0.05) is 13.1 Å². The molecular weight excluding hydrogens is 168 g/mol. The van der Waals surface area contributed by atoms with Crippen LogP contribution in [0.15, 0.2) is 0 Å². The monoisotopic (exact) mass is 184 g/mol. The number of hydrogen-bond donors (Lipinski definition) is 0. The van der Waals surface area contributed by atoms with Crippen molar-refractivity contribution in [1.29, 1.82) is 0 Å². The molecule has 1 aliphatic heterocycles. The van der Waals surface area contributed by atoms with Crippen molar-refractivity contribution in [2.24, 2.45) is 0 Å². The highest BCUT2D eigenvalue weighted by atomic mass is 16.2. The first-order valence-electron chi connectivity index (χ1n) is 4.63. The van der Waals surface area contributed by atoms with E-state index in [9.17, 15) is 9.59 Å². The number of likely N-dealkylation sites (N-methyl/N-ethyl adjacent to an activating group) is 1. The first kappa shape index (κ1) is 10.2. The minimum absolute atomic E-state index is 0.0540. The number of carbonyl (C=O) groups is 2. The largest absolute Gasteiger partial charge is 0.333 e. The van der Waals surface area contributed by atoms with Crippen molar-refractivity contribution < 1.29 is 9.59 Å². The molecule has 4 nitrogen and oxygen atoms in total. The lowest BCUT2D eigenvalue weighted by Crippen LogP contribution is -2.51. The van der Waals surface area contributed by atoms with Gasteiger partial charge in [-0.15, -0.1) is 0 Å². The molecule has 1 heterocycles. The fraction of sp³-hybridized carbons (Fsp3) is 0.778. The van der Waals surface area contributed by atoms with Crippen molar-refractivity contribution >= 4 is 11.7 Å². The van der Waals surface area contributed by atoms with E-state index >= 15 is 0 Å². The van der Waals surface area contributed by atoms with E-state index in [1.54, 1.807) is 4.90 Å². The molecule has 1 aliphatic rings. The van der Waals surface area contributed by atoms with Gasteiger partial charge in [-0.1, -0.05) is 6.92 Å². The van der Waals surface area contributed by atoms with Crippen LogP contribution in [0.4, 0.5) is 0 Å². The van der Waals surface area contributed by atoms with Crippen LogP contribution in [0, 0.1) is 0 Å². The summed E-state index contributed by atoms with van der Waals surface area (Å²) in [5, 5.41) is 0. The van der Waals surface area contributed by atoms with E-state index < -0.39 is 0 Å². The van der Waals surface area contributed by atoms with Crippen LogP contribution in [-0.4, -0.2) is 54.2 Å². The van der Waals surface area contributed by atoms with Gasteiger partial charge in [-0.05, 0) is 13.5 Å². The standard InChI is InChI=1S/C9H16N2O2/c1-3-10-4-5-11(6-8(2)12)9(13)7-10/h3-7H2,1-2H3. The number of rotatable bonds is 3. The Morgan fingerprint density at radius 1 is 1.46 bits per heavy atom. The lowest BCUT2D eigenvalue weighted by Gasteiger charge is -2.32. The quantitative estimate of drug-likeness (QED) is 0.606. The van der Waals surface area contributed by atoms with Gasteiger partial charge in [0.25, 0.3) is 0 Å². The molecule has 0 spiro atoms. The molecule has 0 saturated carbocycles. The van der Waals surface area contributed by atoms with Crippen molar-refractivity contribution in [1.82, 2.24) is 9.80 Å². The van der Waals surface area contributed by atoms with Crippen LogP contribution < -0.4 is 0 Å². The topological polar surface area (TPSA) is 40.6 Å². The molecule has 13 heavy (non-hydrogen) atoms.